The molecule has 1 amide bonds. The molecule has 0 aliphatic heterocycles. The fraction of sp³-hybridized carbons (Fsp3) is 0.111. The maximum Gasteiger partial charge on any atom is 0.285 e. The fourth-order valence-electron chi connectivity index (χ4n) is 2.31. The third kappa shape index (κ3) is 3.52. The lowest BCUT2D eigenvalue weighted by molar-refractivity contribution is 0.0988. The van der Waals surface area contributed by atoms with Crippen molar-refractivity contribution in [3.63, 3.8) is 0 Å². The van der Waals surface area contributed by atoms with E-state index in [0.717, 1.165) is 5.69 Å². The summed E-state index contributed by atoms with van der Waals surface area (Å²) in [4.78, 5) is 24.2. The van der Waals surface area contributed by atoms with E-state index in [1.165, 1.54) is 0 Å². The molecule has 0 spiro atoms. The van der Waals surface area contributed by atoms with Gasteiger partial charge in [0.25, 0.3) is 5.91 Å². The summed E-state index contributed by atoms with van der Waals surface area (Å²) in [6.07, 6.45) is 3.24. The van der Waals surface area contributed by atoms with E-state index in [2.05, 4.69) is 26.8 Å². The average molecular weight is 352 g/mol. The molecule has 25 heavy (non-hydrogen) atoms. The number of nitrogens with zero attached hydrogens (tertiary/aromatic N) is 4. The number of hydrogen-bond acceptors (Lipinski definition) is 4. The highest BCUT2D eigenvalue weighted by Gasteiger charge is 2.18. The summed E-state index contributed by atoms with van der Waals surface area (Å²) in [5.74, 6) is 5.40. The van der Waals surface area contributed by atoms with Crippen LogP contribution in [0, 0.1) is 25.7 Å². The van der Waals surface area contributed by atoms with Crippen LogP contribution in [-0.2, 0) is 0 Å². The Hall–Kier alpha value is -3.17. The van der Waals surface area contributed by atoms with Crippen LogP contribution in [0.5, 0.6) is 0 Å². The van der Waals surface area contributed by atoms with E-state index in [9.17, 15) is 4.79 Å². The number of imidazole rings is 1. The first-order valence-electron chi connectivity index (χ1n) is 7.41. The predicted molar refractivity (Wildman–Crippen MR) is 94.6 cm³/mol. The van der Waals surface area contributed by atoms with Crippen molar-refractivity contribution in [3.05, 3.63) is 70.3 Å². The molecule has 0 aromatic carbocycles. The van der Waals surface area contributed by atoms with Crippen molar-refractivity contribution >= 4 is 17.5 Å². The molecule has 0 atom stereocenters. The molecular formula is C18H14ClN5O. The number of aromatic nitrogens is 4. The first kappa shape index (κ1) is 16.7. The summed E-state index contributed by atoms with van der Waals surface area (Å²) >= 11 is 5.85. The zero-order valence-electron chi connectivity index (χ0n) is 13.6. The molecule has 0 saturated heterocycles. The van der Waals surface area contributed by atoms with Gasteiger partial charge in [0, 0.05) is 17.5 Å². The second-order valence-electron chi connectivity index (χ2n) is 5.34. The molecule has 6 nitrogen and oxygen atoms in total. The molecule has 0 aliphatic rings. The van der Waals surface area contributed by atoms with E-state index in [1.54, 1.807) is 29.1 Å². The normalized spacial score (nSPS) is 10.2. The zero-order chi connectivity index (χ0) is 18.0. The first-order valence-corrected chi connectivity index (χ1v) is 7.79. The van der Waals surface area contributed by atoms with Crippen LogP contribution in [0.15, 0.2) is 36.7 Å². The quantitative estimate of drug-likeness (QED) is 0.567. The van der Waals surface area contributed by atoms with Crippen LogP contribution in [0.3, 0.4) is 0 Å². The minimum absolute atomic E-state index is 0.111. The number of carbonyl (C=O) groups is 1. The summed E-state index contributed by atoms with van der Waals surface area (Å²) < 4.78 is 1.65. The lowest BCUT2D eigenvalue weighted by atomic mass is 10.2. The number of rotatable bonds is 2. The Kier molecular flexibility index (Phi) is 4.50. The van der Waals surface area contributed by atoms with Crippen molar-refractivity contribution in [2.75, 3.05) is 0 Å². The van der Waals surface area contributed by atoms with Crippen molar-refractivity contribution in [2.45, 2.75) is 13.8 Å². The average Bonchev–Trinajstić information content (AvgIpc) is 2.91. The highest BCUT2D eigenvalue weighted by Crippen LogP contribution is 2.17. The van der Waals surface area contributed by atoms with E-state index in [4.69, 9.17) is 17.3 Å². The van der Waals surface area contributed by atoms with Crippen LogP contribution in [0.25, 0.3) is 5.69 Å². The second kappa shape index (κ2) is 6.75. The maximum atomic E-state index is 11.8. The SMILES string of the molecule is Cc1ccc(-n2c(C(N)=O)nc(C#Cc3ccnc(Cl)c3)c2C)cn1. The van der Waals surface area contributed by atoms with E-state index in [0.29, 0.717) is 27.8 Å². The van der Waals surface area contributed by atoms with Gasteiger partial charge in [0.05, 0.1) is 17.6 Å². The van der Waals surface area contributed by atoms with Crippen LogP contribution in [0.4, 0.5) is 0 Å². The Morgan fingerprint density at radius 3 is 2.64 bits per heavy atom. The molecule has 2 N–H and O–H groups in total. The van der Waals surface area contributed by atoms with Crippen molar-refractivity contribution < 1.29 is 4.79 Å². The van der Waals surface area contributed by atoms with E-state index in [-0.39, 0.29) is 5.82 Å². The minimum atomic E-state index is -0.635. The molecule has 0 aliphatic carbocycles. The molecule has 7 heteroatoms. The van der Waals surface area contributed by atoms with Gasteiger partial charge in [0.1, 0.15) is 10.8 Å². The van der Waals surface area contributed by atoms with Crippen LogP contribution in [0.1, 0.15) is 33.3 Å². The first-order chi connectivity index (χ1) is 12.0. The molecule has 124 valence electrons. The Labute approximate surface area is 149 Å². The van der Waals surface area contributed by atoms with Gasteiger partial charge in [0.15, 0.2) is 0 Å². The molecule has 3 rings (SSSR count). The van der Waals surface area contributed by atoms with Crippen molar-refractivity contribution in [1.82, 2.24) is 19.5 Å². The van der Waals surface area contributed by atoms with Gasteiger partial charge in [-0.05, 0) is 44.0 Å². The van der Waals surface area contributed by atoms with Gasteiger partial charge in [0.2, 0.25) is 5.82 Å². The second-order valence-corrected chi connectivity index (χ2v) is 5.73. The molecule has 3 aromatic rings. The number of aryl methyl sites for hydroxylation is 1. The van der Waals surface area contributed by atoms with Crippen molar-refractivity contribution in [2.24, 2.45) is 5.73 Å². The Morgan fingerprint density at radius 2 is 2.00 bits per heavy atom. The fourth-order valence-corrected chi connectivity index (χ4v) is 2.48. The molecule has 0 fully saturated rings. The molecular weight excluding hydrogens is 338 g/mol. The number of nitrogens with two attached hydrogens (primary N) is 1. The van der Waals surface area contributed by atoms with Crippen molar-refractivity contribution in [1.29, 1.82) is 0 Å². The number of pyridine rings is 2. The molecule has 0 unspecified atom stereocenters. The number of carbonyl (C=O) groups excluding carboxylic acids is 1. The monoisotopic (exact) mass is 351 g/mol. The van der Waals surface area contributed by atoms with Crippen LogP contribution in [0.2, 0.25) is 5.15 Å². The molecule has 3 aromatic heterocycles. The van der Waals surface area contributed by atoms with Gasteiger partial charge in [-0.15, -0.1) is 0 Å². The molecule has 0 bridgehead atoms. The summed E-state index contributed by atoms with van der Waals surface area (Å²) in [7, 11) is 0. The van der Waals surface area contributed by atoms with Gasteiger partial charge < -0.3 is 5.73 Å². The van der Waals surface area contributed by atoms with Gasteiger partial charge in [-0.25, -0.2) is 9.97 Å². The van der Waals surface area contributed by atoms with E-state index < -0.39 is 5.91 Å². The summed E-state index contributed by atoms with van der Waals surface area (Å²) in [5, 5.41) is 0.359. The van der Waals surface area contributed by atoms with Crippen molar-refractivity contribution in [3.8, 4) is 17.5 Å². The highest BCUT2D eigenvalue weighted by atomic mass is 35.5. The van der Waals surface area contributed by atoms with Gasteiger partial charge in [-0.2, -0.15) is 0 Å². The number of hydrogen-bond donors (Lipinski definition) is 1. The third-order valence-corrected chi connectivity index (χ3v) is 3.74. The highest BCUT2D eigenvalue weighted by molar-refractivity contribution is 6.29. The van der Waals surface area contributed by atoms with Crippen LogP contribution in [-0.4, -0.2) is 25.4 Å². The van der Waals surface area contributed by atoms with Crippen LogP contribution < -0.4 is 5.73 Å². The smallest absolute Gasteiger partial charge is 0.285 e. The molecule has 0 radical (unpaired) electrons. The summed E-state index contributed by atoms with van der Waals surface area (Å²) in [5.41, 5.74) is 8.91. The van der Waals surface area contributed by atoms with Gasteiger partial charge >= 0.3 is 0 Å². The van der Waals surface area contributed by atoms with Gasteiger partial charge in [-0.3, -0.25) is 14.3 Å². The number of primary amides is 1. The zero-order valence-corrected chi connectivity index (χ0v) is 14.4. The third-order valence-electron chi connectivity index (χ3n) is 3.53. The molecule has 3 heterocycles. The summed E-state index contributed by atoms with van der Waals surface area (Å²) in [6, 6.07) is 7.09. The Morgan fingerprint density at radius 1 is 1.20 bits per heavy atom. The largest absolute Gasteiger partial charge is 0.363 e. The van der Waals surface area contributed by atoms with E-state index >= 15 is 0 Å². The summed E-state index contributed by atoms with van der Waals surface area (Å²) in [6.45, 7) is 3.71. The number of amides is 1. The standard InChI is InChI=1S/C18H14ClN5O/c1-11-3-5-14(10-22-11)24-12(2)15(23-18(24)17(20)25)6-4-13-7-8-21-16(19)9-13/h3,5,7-10H,1-2H3,(H2,20,25). The molecule has 0 saturated carbocycles. The Bertz CT molecular complexity index is 1010. The Balaban J connectivity index is 2.10. The minimum Gasteiger partial charge on any atom is -0.363 e. The van der Waals surface area contributed by atoms with Crippen LogP contribution >= 0.6 is 11.6 Å². The lowest BCUT2D eigenvalue weighted by Gasteiger charge is -2.07. The van der Waals surface area contributed by atoms with Gasteiger partial charge in [-0.1, -0.05) is 17.5 Å². The predicted octanol–water partition coefficient (Wildman–Crippen LogP) is 2.43. The topological polar surface area (TPSA) is 86.7 Å². The lowest BCUT2D eigenvalue weighted by Crippen LogP contribution is -2.18. The maximum absolute atomic E-state index is 11.8. The number of halogens is 1. The van der Waals surface area contributed by atoms with E-state index in [1.807, 2.05) is 26.0 Å².